The molecule has 0 bridgehead atoms. The van der Waals surface area contributed by atoms with E-state index >= 15 is 0 Å². The number of β-amino-alcohol motifs (C(OH)–C–C–N with tert-alkyl or cyclic N) is 1. The molecule has 1 aliphatic heterocycles. The summed E-state index contributed by atoms with van der Waals surface area (Å²) in [7, 11) is 0. The van der Waals surface area contributed by atoms with Crippen LogP contribution in [0.5, 0.6) is 0 Å². The SMILES string of the molecule is O=C(O)c1cccc(C(=O)N2CCCC(O)C2)n1. The maximum absolute atomic E-state index is 12.1. The number of pyridine rings is 1. The minimum atomic E-state index is -1.16. The number of hydrogen-bond donors (Lipinski definition) is 2. The summed E-state index contributed by atoms with van der Waals surface area (Å²) in [5.74, 6) is -1.50. The predicted octanol–water partition coefficient (Wildman–Crippen LogP) is 0.377. The minimum Gasteiger partial charge on any atom is -0.477 e. The van der Waals surface area contributed by atoms with Crippen LogP contribution in [0.25, 0.3) is 0 Å². The second-order valence-corrected chi connectivity index (χ2v) is 4.26. The molecule has 1 unspecified atom stereocenters. The Labute approximate surface area is 104 Å². The maximum Gasteiger partial charge on any atom is 0.354 e. The molecule has 2 heterocycles. The van der Waals surface area contributed by atoms with Crippen molar-refractivity contribution in [2.24, 2.45) is 0 Å². The van der Waals surface area contributed by atoms with E-state index < -0.39 is 12.1 Å². The molecule has 1 atom stereocenters. The van der Waals surface area contributed by atoms with E-state index in [-0.39, 0.29) is 23.8 Å². The van der Waals surface area contributed by atoms with Gasteiger partial charge in [-0.3, -0.25) is 4.79 Å². The third kappa shape index (κ3) is 2.65. The molecule has 1 aromatic rings. The van der Waals surface area contributed by atoms with E-state index in [0.717, 1.165) is 6.42 Å². The fraction of sp³-hybridized carbons (Fsp3) is 0.417. The zero-order valence-electron chi connectivity index (χ0n) is 9.74. The summed E-state index contributed by atoms with van der Waals surface area (Å²) in [5.41, 5.74) is -0.0533. The molecular formula is C12H14N2O4. The highest BCUT2D eigenvalue weighted by Crippen LogP contribution is 2.13. The van der Waals surface area contributed by atoms with Gasteiger partial charge in [0.2, 0.25) is 0 Å². The molecule has 1 fully saturated rings. The lowest BCUT2D eigenvalue weighted by Gasteiger charge is -2.29. The monoisotopic (exact) mass is 250 g/mol. The lowest BCUT2D eigenvalue weighted by molar-refractivity contribution is 0.0468. The van der Waals surface area contributed by atoms with Crippen molar-refractivity contribution in [3.8, 4) is 0 Å². The normalized spacial score (nSPS) is 19.6. The molecule has 96 valence electrons. The first-order chi connectivity index (χ1) is 8.58. The van der Waals surface area contributed by atoms with Crippen LogP contribution in [0.4, 0.5) is 0 Å². The van der Waals surface area contributed by atoms with Crippen LogP contribution in [-0.2, 0) is 0 Å². The summed E-state index contributed by atoms with van der Waals surface area (Å²) >= 11 is 0. The molecule has 6 nitrogen and oxygen atoms in total. The van der Waals surface area contributed by atoms with Gasteiger partial charge in [0.15, 0.2) is 0 Å². The third-order valence-corrected chi connectivity index (χ3v) is 2.87. The lowest BCUT2D eigenvalue weighted by Crippen LogP contribution is -2.42. The van der Waals surface area contributed by atoms with Gasteiger partial charge in [-0.05, 0) is 25.0 Å². The van der Waals surface area contributed by atoms with Crippen LogP contribution in [0, 0.1) is 0 Å². The average molecular weight is 250 g/mol. The van der Waals surface area contributed by atoms with Gasteiger partial charge in [-0.1, -0.05) is 6.07 Å². The Hall–Kier alpha value is -1.95. The number of carbonyl (C=O) groups excluding carboxylic acids is 1. The molecule has 0 spiro atoms. The Bertz CT molecular complexity index is 475. The summed E-state index contributed by atoms with van der Waals surface area (Å²) in [6, 6.07) is 4.31. The van der Waals surface area contributed by atoms with Crippen molar-refractivity contribution in [2.45, 2.75) is 18.9 Å². The Balaban J connectivity index is 2.17. The first-order valence-corrected chi connectivity index (χ1v) is 5.75. The number of nitrogens with zero attached hydrogens (tertiary/aromatic N) is 2. The highest BCUT2D eigenvalue weighted by molar-refractivity contribution is 5.94. The number of hydrogen-bond acceptors (Lipinski definition) is 4. The molecule has 0 saturated carbocycles. The predicted molar refractivity (Wildman–Crippen MR) is 62.3 cm³/mol. The lowest BCUT2D eigenvalue weighted by atomic mass is 10.1. The number of aromatic carboxylic acids is 1. The number of amides is 1. The molecule has 1 aromatic heterocycles. The number of aliphatic hydroxyl groups excluding tert-OH is 1. The second-order valence-electron chi connectivity index (χ2n) is 4.26. The molecule has 1 aliphatic rings. The van der Waals surface area contributed by atoms with E-state index in [1.807, 2.05) is 0 Å². The Morgan fingerprint density at radius 2 is 2.06 bits per heavy atom. The van der Waals surface area contributed by atoms with E-state index in [2.05, 4.69) is 4.98 Å². The average Bonchev–Trinajstić information content (AvgIpc) is 2.38. The van der Waals surface area contributed by atoms with E-state index in [4.69, 9.17) is 5.11 Å². The number of rotatable bonds is 2. The van der Waals surface area contributed by atoms with Gasteiger partial charge in [-0.2, -0.15) is 0 Å². The van der Waals surface area contributed by atoms with Crippen molar-refractivity contribution in [3.63, 3.8) is 0 Å². The molecule has 18 heavy (non-hydrogen) atoms. The number of carboxylic acids is 1. The van der Waals surface area contributed by atoms with Crippen LogP contribution in [0.2, 0.25) is 0 Å². The van der Waals surface area contributed by atoms with E-state index in [1.165, 1.54) is 23.1 Å². The van der Waals surface area contributed by atoms with E-state index in [9.17, 15) is 14.7 Å². The van der Waals surface area contributed by atoms with Crippen molar-refractivity contribution >= 4 is 11.9 Å². The van der Waals surface area contributed by atoms with Crippen LogP contribution in [-0.4, -0.2) is 51.2 Å². The smallest absolute Gasteiger partial charge is 0.354 e. The molecule has 1 saturated heterocycles. The van der Waals surface area contributed by atoms with E-state index in [0.29, 0.717) is 13.0 Å². The van der Waals surface area contributed by atoms with Gasteiger partial charge in [-0.25, -0.2) is 9.78 Å². The summed E-state index contributed by atoms with van der Waals surface area (Å²) in [6.45, 7) is 0.840. The van der Waals surface area contributed by atoms with Crippen LogP contribution < -0.4 is 0 Å². The molecular weight excluding hydrogens is 236 g/mol. The summed E-state index contributed by atoms with van der Waals surface area (Å²) in [6.07, 6.45) is 0.920. The summed E-state index contributed by atoms with van der Waals surface area (Å²) < 4.78 is 0. The van der Waals surface area contributed by atoms with Crippen LogP contribution >= 0.6 is 0 Å². The molecule has 0 aromatic carbocycles. The standard InChI is InChI=1S/C12H14N2O4/c15-8-3-2-6-14(7-8)11(16)9-4-1-5-10(13-9)12(17)18/h1,4-5,8,15H,2-3,6-7H2,(H,17,18). The van der Waals surface area contributed by atoms with Crippen LogP contribution in [0.15, 0.2) is 18.2 Å². The van der Waals surface area contributed by atoms with Gasteiger partial charge in [0.25, 0.3) is 5.91 Å². The minimum absolute atomic E-state index is 0.101. The third-order valence-electron chi connectivity index (χ3n) is 2.87. The Morgan fingerprint density at radius 1 is 1.33 bits per heavy atom. The largest absolute Gasteiger partial charge is 0.477 e. The molecule has 0 radical (unpaired) electrons. The van der Waals surface area contributed by atoms with Gasteiger partial charge in [0.1, 0.15) is 11.4 Å². The molecule has 1 amide bonds. The Morgan fingerprint density at radius 3 is 2.72 bits per heavy atom. The number of carbonyl (C=O) groups is 2. The summed E-state index contributed by atoms with van der Waals surface area (Å²) in [5, 5.41) is 18.3. The number of aromatic nitrogens is 1. The van der Waals surface area contributed by atoms with Crippen molar-refractivity contribution in [1.29, 1.82) is 0 Å². The van der Waals surface area contributed by atoms with Crippen LogP contribution in [0.1, 0.15) is 33.8 Å². The van der Waals surface area contributed by atoms with Gasteiger partial charge >= 0.3 is 5.97 Å². The number of likely N-dealkylation sites (tertiary alicyclic amines) is 1. The second kappa shape index (κ2) is 5.14. The first-order valence-electron chi connectivity index (χ1n) is 5.75. The highest BCUT2D eigenvalue weighted by Gasteiger charge is 2.24. The quantitative estimate of drug-likeness (QED) is 0.791. The fourth-order valence-corrected chi connectivity index (χ4v) is 1.97. The fourth-order valence-electron chi connectivity index (χ4n) is 1.97. The van der Waals surface area contributed by atoms with Crippen molar-refractivity contribution in [1.82, 2.24) is 9.88 Å². The highest BCUT2D eigenvalue weighted by atomic mass is 16.4. The maximum atomic E-state index is 12.1. The van der Waals surface area contributed by atoms with Crippen LogP contribution in [0.3, 0.4) is 0 Å². The van der Waals surface area contributed by atoms with E-state index in [1.54, 1.807) is 0 Å². The number of piperidine rings is 1. The number of aliphatic hydroxyl groups is 1. The van der Waals surface area contributed by atoms with Crippen molar-refractivity contribution in [2.75, 3.05) is 13.1 Å². The van der Waals surface area contributed by atoms with Crippen molar-refractivity contribution in [3.05, 3.63) is 29.6 Å². The molecule has 0 aliphatic carbocycles. The van der Waals surface area contributed by atoms with Crippen molar-refractivity contribution < 1.29 is 19.8 Å². The topological polar surface area (TPSA) is 90.7 Å². The molecule has 2 rings (SSSR count). The molecule has 6 heteroatoms. The van der Waals surface area contributed by atoms with Gasteiger partial charge in [-0.15, -0.1) is 0 Å². The number of carboxylic acid groups (broad SMARTS) is 1. The van der Waals surface area contributed by atoms with Gasteiger partial charge < -0.3 is 15.1 Å². The van der Waals surface area contributed by atoms with Gasteiger partial charge in [0, 0.05) is 13.1 Å². The van der Waals surface area contributed by atoms with Gasteiger partial charge in [0.05, 0.1) is 6.10 Å². The zero-order valence-corrected chi connectivity index (χ0v) is 9.74. The zero-order chi connectivity index (χ0) is 13.1. The first kappa shape index (κ1) is 12.5. The molecule has 2 N–H and O–H groups in total. The summed E-state index contributed by atoms with van der Waals surface area (Å²) in [4.78, 5) is 28.2. The Kier molecular flexibility index (Phi) is 3.57.